The van der Waals surface area contributed by atoms with Gasteiger partial charge in [0.1, 0.15) is 0 Å². The Kier molecular flexibility index (Phi) is 4.28. The number of nitrogens with zero attached hydrogens (tertiary/aromatic N) is 1. The first-order valence-corrected chi connectivity index (χ1v) is 3.58. The Bertz CT molecular complexity index is 171. The van der Waals surface area contributed by atoms with Crippen LogP contribution in [0.3, 0.4) is 0 Å². The van der Waals surface area contributed by atoms with Crippen LogP contribution in [0, 0.1) is 23.2 Å². The van der Waals surface area contributed by atoms with Crippen molar-refractivity contribution in [2.45, 2.75) is 20.3 Å². The lowest BCUT2D eigenvalue weighted by Gasteiger charge is -2.10. The second kappa shape index (κ2) is 4.73. The second-order valence-corrected chi connectivity index (χ2v) is 2.68. The Balaban J connectivity index is 3.79. The first-order chi connectivity index (χ1) is 5.11. The van der Waals surface area contributed by atoms with Crippen molar-refractivity contribution in [2.75, 3.05) is 7.11 Å². The molecule has 62 valence electrons. The molecular formula is C8H13NO2. The van der Waals surface area contributed by atoms with Gasteiger partial charge in [0, 0.05) is 12.3 Å². The highest BCUT2D eigenvalue weighted by Gasteiger charge is 2.15. The third-order valence-electron chi connectivity index (χ3n) is 1.77. The van der Waals surface area contributed by atoms with Crippen LogP contribution in [0.15, 0.2) is 0 Å². The van der Waals surface area contributed by atoms with E-state index in [1.165, 1.54) is 7.11 Å². The Labute approximate surface area is 67.0 Å². The second-order valence-electron chi connectivity index (χ2n) is 2.68. The van der Waals surface area contributed by atoms with Gasteiger partial charge < -0.3 is 4.74 Å². The normalized spacial score (nSPS) is 14.7. The lowest BCUT2D eigenvalue weighted by Crippen LogP contribution is -2.12. The Morgan fingerprint density at radius 1 is 1.64 bits per heavy atom. The molecule has 0 aromatic carbocycles. The van der Waals surface area contributed by atoms with E-state index < -0.39 is 0 Å². The molecule has 2 unspecified atom stereocenters. The molecule has 0 amide bonds. The van der Waals surface area contributed by atoms with Gasteiger partial charge in [0.2, 0.25) is 0 Å². The van der Waals surface area contributed by atoms with Crippen molar-refractivity contribution in [3.8, 4) is 6.07 Å². The zero-order valence-corrected chi connectivity index (χ0v) is 7.13. The number of hydrogen-bond donors (Lipinski definition) is 0. The molecule has 3 nitrogen and oxygen atoms in total. The van der Waals surface area contributed by atoms with Gasteiger partial charge in [-0.25, -0.2) is 0 Å². The molecule has 0 saturated heterocycles. The summed E-state index contributed by atoms with van der Waals surface area (Å²) in [6.07, 6.45) is 0.325. The third kappa shape index (κ3) is 3.61. The van der Waals surface area contributed by atoms with E-state index in [2.05, 4.69) is 10.8 Å². The van der Waals surface area contributed by atoms with Crippen LogP contribution in [-0.2, 0) is 9.53 Å². The van der Waals surface area contributed by atoms with Crippen molar-refractivity contribution < 1.29 is 9.53 Å². The SMILES string of the molecule is COC(=O)CC(C)C(C)C#N. The standard InChI is InChI=1S/C8H13NO2/c1-6(7(2)5-9)4-8(10)11-3/h6-7H,4H2,1-3H3. The van der Waals surface area contributed by atoms with E-state index in [0.717, 1.165) is 0 Å². The fourth-order valence-corrected chi connectivity index (χ4v) is 0.650. The predicted molar refractivity (Wildman–Crippen MR) is 40.6 cm³/mol. The zero-order valence-electron chi connectivity index (χ0n) is 7.13. The topological polar surface area (TPSA) is 50.1 Å². The van der Waals surface area contributed by atoms with Gasteiger partial charge in [-0.15, -0.1) is 0 Å². The number of carbonyl (C=O) groups excluding carboxylic acids is 1. The van der Waals surface area contributed by atoms with E-state index in [9.17, 15) is 4.79 Å². The van der Waals surface area contributed by atoms with Crippen molar-refractivity contribution in [2.24, 2.45) is 11.8 Å². The number of nitriles is 1. The van der Waals surface area contributed by atoms with Crippen LogP contribution < -0.4 is 0 Å². The molecule has 0 aromatic heterocycles. The van der Waals surface area contributed by atoms with Crippen LogP contribution >= 0.6 is 0 Å². The molecule has 0 fully saturated rings. The molecule has 0 saturated carbocycles. The lowest BCUT2D eigenvalue weighted by atomic mass is 9.94. The Hall–Kier alpha value is -1.04. The van der Waals surface area contributed by atoms with E-state index in [1.54, 1.807) is 6.92 Å². The first-order valence-electron chi connectivity index (χ1n) is 3.58. The Morgan fingerprint density at radius 2 is 2.18 bits per heavy atom. The number of methoxy groups -OCH3 is 1. The summed E-state index contributed by atoms with van der Waals surface area (Å²) < 4.78 is 4.47. The number of carbonyl (C=O) groups is 1. The van der Waals surface area contributed by atoms with Crippen LogP contribution in [0.2, 0.25) is 0 Å². The Morgan fingerprint density at radius 3 is 2.55 bits per heavy atom. The molecule has 3 heteroatoms. The van der Waals surface area contributed by atoms with Crippen molar-refractivity contribution in [1.29, 1.82) is 5.26 Å². The monoisotopic (exact) mass is 155 g/mol. The smallest absolute Gasteiger partial charge is 0.305 e. The molecular weight excluding hydrogens is 142 g/mol. The average molecular weight is 155 g/mol. The summed E-state index contributed by atoms with van der Waals surface area (Å²) in [6, 6.07) is 2.09. The summed E-state index contributed by atoms with van der Waals surface area (Å²) in [5.41, 5.74) is 0. The maximum absolute atomic E-state index is 10.7. The number of esters is 1. The van der Waals surface area contributed by atoms with Gasteiger partial charge in [-0.2, -0.15) is 5.26 Å². The van der Waals surface area contributed by atoms with Gasteiger partial charge in [0.05, 0.1) is 13.2 Å². The first kappa shape index (κ1) is 9.96. The fourth-order valence-electron chi connectivity index (χ4n) is 0.650. The molecule has 0 radical (unpaired) electrons. The molecule has 0 rings (SSSR count). The van der Waals surface area contributed by atoms with Gasteiger partial charge >= 0.3 is 5.97 Å². The molecule has 0 aromatic rings. The van der Waals surface area contributed by atoms with E-state index >= 15 is 0 Å². The largest absolute Gasteiger partial charge is 0.469 e. The van der Waals surface area contributed by atoms with Crippen LogP contribution in [0.4, 0.5) is 0 Å². The molecule has 0 aliphatic carbocycles. The van der Waals surface area contributed by atoms with Crippen LogP contribution in [0.5, 0.6) is 0 Å². The summed E-state index contributed by atoms with van der Waals surface area (Å²) in [4.78, 5) is 10.7. The summed E-state index contributed by atoms with van der Waals surface area (Å²) in [7, 11) is 1.35. The van der Waals surface area contributed by atoms with Gasteiger partial charge in [0.25, 0.3) is 0 Å². The summed E-state index contributed by atoms with van der Waals surface area (Å²) in [6.45, 7) is 3.67. The van der Waals surface area contributed by atoms with Gasteiger partial charge in [-0.1, -0.05) is 6.92 Å². The van der Waals surface area contributed by atoms with E-state index in [1.807, 2.05) is 6.92 Å². The molecule has 0 aliphatic rings. The fraction of sp³-hybridized carbons (Fsp3) is 0.750. The highest BCUT2D eigenvalue weighted by Crippen LogP contribution is 2.13. The average Bonchev–Trinajstić information content (AvgIpc) is 2.02. The minimum Gasteiger partial charge on any atom is -0.469 e. The predicted octanol–water partition coefficient (Wildman–Crippen LogP) is 1.35. The van der Waals surface area contributed by atoms with E-state index in [4.69, 9.17) is 5.26 Å². The zero-order chi connectivity index (χ0) is 8.85. The number of ether oxygens (including phenoxy) is 1. The minimum atomic E-state index is -0.250. The van der Waals surface area contributed by atoms with Gasteiger partial charge in [0.15, 0.2) is 0 Å². The van der Waals surface area contributed by atoms with Crippen LogP contribution in [0.25, 0.3) is 0 Å². The summed E-state index contributed by atoms with van der Waals surface area (Å²) in [5, 5.41) is 8.49. The van der Waals surface area contributed by atoms with Crippen LogP contribution in [0.1, 0.15) is 20.3 Å². The lowest BCUT2D eigenvalue weighted by molar-refractivity contribution is -0.141. The third-order valence-corrected chi connectivity index (χ3v) is 1.77. The van der Waals surface area contributed by atoms with Crippen LogP contribution in [-0.4, -0.2) is 13.1 Å². The molecule has 11 heavy (non-hydrogen) atoms. The summed E-state index contributed by atoms with van der Waals surface area (Å²) in [5.74, 6) is -0.263. The number of hydrogen-bond acceptors (Lipinski definition) is 3. The quantitative estimate of drug-likeness (QED) is 0.578. The maximum atomic E-state index is 10.7. The van der Waals surface area contributed by atoms with Crippen molar-refractivity contribution in [1.82, 2.24) is 0 Å². The molecule has 0 aliphatic heterocycles. The molecule has 0 spiro atoms. The molecule has 0 bridgehead atoms. The van der Waals surface area contributed by atoms with Crippen molar-refractivity contribution in [3.05, 3.63) is 0 Å². The molecule has 0 heterocycles. The summed E-state index contributed by atoms with van der Waals surface area (Å²) >= 11 is 0. The molecule has 2 atom stereocenters. The van der Waals surface area contributed by atoms with Gasteiger partial charge in [-0.05, 0) is 12.8 Å². The van der Waals surface area contributed by atoms with E-state index in [-0.39, 0.29) is 17.8 Å². The minimum absolute atomic E-state index is 0.0763. The number of rotatable bonds is 3. The van der Waals surface area contributed by atoms with Crippen molar-refractivity contribution in [3.63, 3.8) is 0 Å². The van der Waals surface area contributed by atoms with Crippen molar-refractivity contribution >= 4 is 5.97 Å². The molecule has 0 N–H and O–H groups in total. The van der Waals surface area contributed by atoms with E-state index in [0.29, 0.717) is 6.42 Å². The highest BCUT2D eigenvalue weighted by molar-refractivity contribution is 5.69. The maximum Gasteiger partial charge on any atom is 0.305 e. The van der Waals surface area contributed by atoms with Gasteiger partial charge in [-0.3, -0.25) is 4.79 Å². The highest BCUT2D eigenvalue weighted by atomic mass is 16.5.